The van der Waals surface area contributed by atoms with E-state index >= 15 is 0 Å². The lowest BCUT2D eigenvalue weighted by atomic mass is 10.2. The van der Waals surface area contributed by atoms with Gasteiger partial charge in [0.25, 0.3) is 15.9 Å². The highest BCUT2D eigenvalue weighted by Gasteiger charge is 2.35. The van der Waals surface area contributed by atoms with Crippen molar-refractivity contribution in [2.75, 3.05) is 27.1 Å². The van der Waals surface area contributed by atoms with Crippen LogP contribution in [0.4, 0.5) is 17.1 Å². The number of hydrogen-bond acceptors (Lipinski definition) is 6. The van der Waals surface area contributed by atoms with Crippen LogP contribution in [0.15, 0.2) is 65.6 Å². The van der Waals surface area contributed by atoms with Crippen molar-refractivity contribution >= 4 is 66.2 Å². The second kappa shape index (κ2) is 9.81. The standard InChI is InChI=1S/C23H21Cl2N3O6S2/c1-14-18(25)4-3-5-19(14)27-36(32,33)17-9-7-16(8-10-17)26-23(29)22-13-28(35(2,30)31)20-12-15(24)6-11-21(20)34-22/h3-12,22,27H,13H2,1-2H3,(H,26,29)/t22-/m0/s1. The highest BCUT2D eigenvalue weighted by atomic mass is 35.5. The molecule has 1 amide bonds. The van der Waals surface area contributed by atoms with Crippen LogP contribution in [0.1, 0.15) is 5.56 Å². The van der Waals surface area contributed by atoms with Crippen LogP contribution in [0.5, 0.6) is 5.75 Å². The topological polar surface area (TPSA) is 122 Å². The summed E-state index contributed by atoms with van der Waals surface area (Å²) in [5, 5.41) is 3.38. The summed E-state index contributed by atoms with van der Waals surface area (Å²) in [5.41, 5.74) is 1.48. The number of sulfonamides is 2. The van der Waals surface area contributed by atoms with Gasteiger partial charge in [-0.3, -0.25) is 13.8 Å². The van der Waals surface area contributed by atoms with E-state index < -0.39 is 32.1 Å². The minimum absolute atomic E-state index is 0.0251. The van der Waals surface area contributed by atoms with E-state index in [4.69, 9.17) is 27.9 Å². The summed E-state index contributed by atoms with van der Waals surface area (Å²) in [5.74, 6) is -0.410. The number of ether oxygens (including phenoxy) is 1. The molecule has 0 saturated heterocycles. The fourth-order valence-electron chi connectivity index (χ4n) is 3.54. The third kappa shape index (κ3) is 5.54. The molecule has 13 heteroatoms. The SMILES string of the molecule is Cc1c(Cl)cccc1NS(=O)(=O)c1ccc(NC(=O)[C@@H]2CN(S(C)(=O)=O)c3cc(Cl)ccc3O2)cc1. The van der Waals surface area contributed by atoms with Crippen molar-refractivity contribution < 1.29 is 26.4 Å². The van der Waals surface area contributed by atoms with E-state index in [1.807, 2.05) is 0 Å². The fraction of sp³-hybridized carbons (Fsp3) is 0.174. The molecular formula is C23H21Cl2N3O6S2. The second-order valence-corrected chi connectivity index (χ2v) is 12.5. The zero-order valence-corrected chi connectivity index (χ0v) is 22.2. The number of carbonyl (C=O) groups excluding carboxylic acids is 1. The Hall–Kier alpha value is -2.99. The molecule has 1 aliphatic heterocycles. The van der Waals surface area contributed by atoms with Gasteiger partial charge in [-0.1, -0.05) is 29.3 Å². The Kier molecular flexibility index (Phi) is 7.11. The van der Waals surface area contributed by atoms with Gasteiger partial charge in [-0.15, -0.1) is 0 Å². The molecule has 2 N–H and O–H groups in total. The molecule has 0 aliphatic carbocycles. The number of rotatable bonds is 6. The number of fused-ring (bicyclic) bond motifs is 1. The Morgan fingerprint density at radius 1 is 1.03 bits per heavy atom. The van der Waals surface area contributed by atoms with E-state index in [2.05, 4.69) is 10.0 Å². The number of nitrogens with zero attached hydrogens (tertiary/aromatic N) is 1. The number of nitrogens with one attached hydrogen (secondary N) is 2. The van der Waals surface area contributed by atoms with E-state index in [0.29, 0.717) is 27.0 Å². The first-order valence-electron chi connectivity index (χ1n) is 10.5. The average Bonchev–Trinajstić information content (AvgIpc) is 2.81. The van der Waals surface area contributed by atoms with Crippen LogP contribution in [-0.2, 0) is 24.8 Å². The van der Waals surface area contributed by atoms with Crippen LogP contribution in [0.25, 0.3) is 0 Å². The maximum atomic E-state index is 12.9. The van der Waals surface area contributed by atoms with Crippen molar-refractivity contribution in [2.24, 2.45) is 0 Å². The Bertz CT molecular complexity index is 1540. The maximum Gasteiger partial charge on any atom is 0.267 e. The van der Waals surface area contributed by atoms with Gasteiger partial charge in [0.1, 0.15) is 5.75 Å². The van der Waals surface area contributed by atoms with Crippen molar-refractivity contribution in [1.82, 2.24) is 0 Å². The lowest BCUT2D eigenvalue weighted by Crippen LogP contribution is -2.48. The van der Waals surface area contributed by atoms with Gasteiger partial charge in [0.2, 0.25) is 10.0 Å². The number of amides is 1. The fourth-order valence-corrected chi connectivity index (χ4v) is 5.91. The third-order valence-corrected chi connectivity index (χ3v) is 8.60. The van der Waals surface area contributed by atoms with Crippen molar-refractivity contribution in [3.63, 3.8) is 0 Å². The normalized spacial score (nSPS) is 15.6. The van der Waals surface area contributed by atoms with E-state index in [0.717, 1.165) is 10.6 Å². The molecule has 0 aromatic heterocycles. The van der Waals surface area contributed by atoms with Crippen LogP contribution < -0.4 is 19.1 Å². The molecule has 0 unspecified atom stereocenters. The molecule has 3 aromatic rings. The van der Waals surface area contributed by atoms with Gasteiger partial charge in [-0.05, 0) is 67.1 Å². The molecular weight excluding hydrogens is 549 g/mol. The van der Waals surface area contributed by atoms with E-state index in [9.17, 15) is 21.6 Å². The Labute approximate surface area is 219 Å². The molecule has 3 aromatic carbocycles. The molecule has 4 rings (SSSR count). The number of halogens is 2. The molecule has 1 aliphatic rings. The van der Waals surface area contributed by atoms with Gasteiger partial charge >= 0.3 is 0 Å². The second-order valence-electron chi connectivity index (χ2n) is 8.04. The van der Waals surface area contributed by atoms with Crippen LogP contribution >= 0.6 is 23.2 Å². The van der Waals surface area contributed by atoms with Crippen LogP contribution in [0.2, 0.25) is 10.0 Å². The highest BCUT2D eigenvalue weighted by Crippen LogP contribution is 2.37. The molecule has 9 nitrogen and oxygen atoms in total. The van der Waals surface area contributed by atoms with E-state index in [-0.39, 0.29) is 22.9 Å². The molecule has 0 fully saturated rings. The Morgan fingerprint density at radius 3 is 2.39 bits per heavy atom. The summed E-state index contributed by atoms with van der Waals surface area (Å²) >= 11 is 12.1. The first kappa shape index (κ1) is 26.1. The molecule has 1 atom stereocenters. The van der Waals surface area contributed by atoms with Crippen LogP contribution in [0, 0.1) is 6.92 Å². The summed E-state index contributed by atoms with van der Waals surface area (Å²) in [6.45, 7) is 1.44. The first-order valence-corrected chi connectivity index (χ1v) is 14.6. The number of carbonyl (C=O) groups is 1. The molecule has 1 heterocycles. The minimum atomic E-state index is -3.91. The summed E-state index contributed by atoms with van der Waals surface area (Å²) in [6, 6.07) is 14.9. The highest BCUT2D eigenvalue weighted by molar-refractivity contribution is 7.92. The molecule has 0 bridgehead atoms. The zero-order chi connectivity index (χ0) is 26.3. The predicted molar refractivity (Wildman–Crippen MR) is 140 cm³/mol. The monoisotopic (exact) mass is 569 g/mol. The van der Waals surface area contributed by atoms with Gasteiger partial charge in [0.05, 0.1) is 29.1 Å². The number of hydrogen-bond donors (Lipinski definition) is 2. The van der Waals surface area contributed by atoms with Gasteiger partial charge < -0.3 is 10.1 Å². The van der Waals surface area contributed by atoms with Gasteiger partial charge in [0.15, 0.2) is 6.10 Å². The summed E-state index contributed by atoms with van der Waals surface area (Å²) < 4.78 is 59.5. The zero-order valence-electron chi connectivity index (χ0n) is 19.0. The van der Waals surface area contributed by atoms with E-state index in [1.165, 1.54) is 42.5 Å². The minimum Gasteiger partial charge on any atom is -0.476 e. The van der Waals surface area contributed by atoms with E-state index in [1.54, 1.807) is 25.1 Å². The van der Waals surface area contributed by atoms with Crippen molar-refractivity contribution in [3.8, 4) is 5.75 Å². The van der Waals surface area contributed by atoms with Crippen molar-refractivity contribution in [3.05, 3.63) is 76.3 Å². The lowest BCUT2D eigenvalue weighted by molar-refractivity contribution is -0.122. The number of anilines is 3. The van der Waals surface area contributed by atoms with Gasteiger partial charge in [0, 0.05) is 15.7 Å². The average molecular weight is 570 g/mol. The smallest absolute Gasteiger partial charge is 0.267 e. The molecule has 0 saturated carbocycles. The predicted octanol–water partition coefficient (Wildman–Crippen LogP) is 4.27. The van der Waals surface area contributed by atoms with Crippen molar-refractivity contribution in [1.29, 1.82) is 0 Å². The van der Waals surface area contributed by atoms with Gasteiger partial charge in [-0.25, -0.2) is 16.8 Å². The molecule has 0 radical (unpaired) electrons. The molecule has 190 valence electrons. The van der Waals surface area contributed by atoms with Crippen LogP contribution in [0.3, 0.4) is 0 Å². The van der Waals surface area contributed by atoms with Gasteiger partial charge in [-0.2, -0.15) is 0 Å². The van der Waals surface area contributed by atoms with Crippen molar-refractivity contribution in [2.45, 2.75) is 17.9 Å². The first-order chi connectivity index (χ1) is 16.8. The third-order valence-electron chi connectivity index (χ3n) is 5.43. The molecule has 0 spiro atoms. The Balaban J connectivity index is 1.50. The quantitative estimate of drug-likeness (QED) is 0.457. The summed E-state index contributed by atoms with van der Waals surface area (Å²) in [6.07, 6.45) is -0.125. The number of benzene rings is 3. The summed E-state index contributed by atoms with van der Waals surface area (Å²) in [7, 11) is -7.63. The maximum absolute atomic E-state index is 12.9. The largest absolute Gasteiger partial charge is 0.476 e. The summed E-state index contributed by atoms with van der Waals surface area (Å²) in [4.78, 5) is 12.9. The molecule has 36 heavy (non-hydrogen) atoms. The lowest BCUT2D eigenvalue weighted by Gasteiger charge is -2.34. The Morgan fingerprint density at radius 2 is 1.72 bits per heavy atom. The van der Waals surface area contributed by atoms with Crippen LogP contribution in [-0.4, -0.2) is 41.6 Å².